The zero-order chi connectivity index (χ0) is 14.5. The minimum Gasteiger partial charge on any atom is -0.480 e. The van der Waals surface area contributed by atoms with Crippen LogP contribution in [-0.4, -0.2) is 22.7 Å². The van der Waals surface area contributed by atoms with E-state index in [2.05, 4.69) is 36.2 Å². The molecule has 5 heteroatoms. The number of aryl methyl sites for hydroxylation is 2. The Hall–Kier alpha value is -1.72. The molecule has 0 unspecified atom stereocenters. The van der Waals surface area contributed by atoms with Gasteiger partial charge in [0.05, 0.1) is 17.2 Å². The van der Waals surface area contributed by atoms with Gasteiger partial charge in [0, 0.05) is 5.56 Å². The molecule has 0 bridgehead atoms. The molecule has 0 aliphatic heterocycles. The summed E-state index contributed by atoms with van der Waals surface area (Å²) >= 11 is 1.55. The molecule has 106 valence electrons. The molecule has 20 heavy (non-hydrogen) atoms. The maximum Gasteiger partial charge on any atom is 0.329 e. The van der Waals surface area contributed by atoms with Crippen molar-refractivity contribution in [3.8, 4) is 10.6 Å². The van der Waals surface area contributed by atoms with Gasteiger partial charge in [-0.25, -0.2) is 9.78 Å². The summed E-state index contributed by atoms with van der Waals surface area (Å²) in [7, 11) is 0. The molecule has 1 heterocycles. The van der Waals surface area contributed by atoms with Crippen molar-refractivity contribution in [2.75, 3.05) is 6.61 Å². The molecule has 1 aromatic carbocycles. The molecule has 2 aromatic rings. The third-order valence-electron chi connectivity index (χ3n) is 2.96. The van der Waals surface area contributed by atoms with Crippen molar-refractivity contribution in [2.24, 2.45) is 0 Å². The van der Waals surface area contributed by atoms with Gasteiger partial charge in [-0.3, -0.25) is 0 Å². The first-order chi connectivity index (χ1) is 9.60. The molecule has 0 saturated carbocycles. The summed E-state index contributed by atoms with van der Waals surface area (Å²) in [6.45, 7) is 4.06. The monoisotopic (exact) mass is 291 g/mol. The molecule has 0 saturated heterocycles. The summed E-state index contributed by atoms with van der Waals surface area (Å²) in [4.78, 5) is 15.9. The Morgan fingerprint density at radius 1 is 1.35 bits per heavy atom. The second-order valence-corrected chi connectivity index (χ2v) is 5.55. The van der Waals surface area contributed by atoms with Gasteiger partial charge >= 0.3 is 5.97 Å². The van der Waals surface area contributed by atoms with Gasteiger partial charge in [0.25, 0.3) is 0 Å². The van der Waals surface area contributed by atoms with Gasteiger partial charge in [-0.15, -0.1) is 11.3 Å². The Morgan fingerprint density at radius 3 is 2.65 bits per heavy atom. The Bertz CT molecular complexity index is 590. The average molecular weight is 291 g/mol. The Kier molecular flexibility index (Phi) is 4.87. The summed E-state index contributed by atoms with van der Waals surface area (Å²) in [5.74, 6) is -0.956. The normalized spacial score (nSPS) is 10.7. The molecule has 0 radical (unpaired) electrons. The molecule has 0 amide bonds. The van der Waals surface area contributed by atoms with E-state index in [0.29, 0.717) is 6.61 Å². The number of aliphatic carboxylic acids is 1. The molecule has 0 fully saturated rings. The summed E-state index contributed by atoms with van der Waals surface area (Å²) in [6.07, 6.45) is 1.02. The molecular formula is C15H17NO3S. The highest BCUT2D eigenvalue weighted by molar-refractivity contribution is 7.15. The van der Waals surface area contributed by atoms with Crippen molar-refractivity contribution in [2.45, 2.75) is 26.9 Å². The molecule has 4 nitrogen and oxygen atoms in total. The number of nitrogens with zero attached hydrogens (tertiary/aromatic N) is 1. The van der Waals surface area contributed by atoms with Crippen LogP contribution in [0.15, 0.2) is 24.3 Å². The van der Waals surface area contributed by atoms with Crippen LogP contribution in [0, 0.1) is 6.92 Å². The van der Waals surface area contributed by atoms with Crippen LogP contribution in [-0.2, 0) is 22.6 Å². The van der Waals surface area contributed by atoms with E-state index >= 15 is 0 Å². The van der Waals surface area contributed by atoms with Crippen molar-refractivity contribution in [1.82, 2.24) is 4.98 Å². The van der Waals surface area contributed by atoms with Crippen molar-refractivity contribution >= 4 is 17.3 Å². The topological polar surface area (TPSA) is 59.4 Å². The van der Waals surface area contributed by atoms with Crippen LogP contribution in [0.4, 0.5) is 0 Å². The lowest BCUT2D eigenvalue weighted by Gasteiger charge is -1.99. The molecule has 0 aliphatic carbocycles. The van der Waals surface area contributed by atoms with E-state index in [1.54, 1.807) is 11.3 Å². The highest BCUT2D eigenvalue weighted by Gasteiger charge is 2.10. The van der Waals surface area contributed by atoms with Crippen LogP contribution < -0.4 is 0 Å². The maximum absolute atomic E-state index is 10.4. The Balaban J connectivity index is 2.11. The van der Waals surface area contributed by atoms with Gasteiger partial charge in [0.15, 0.2) is 0 Å². The lowest BCUT2D eigenvalue weighted by Crippen LogP contribution is -2.06. The SMILES string of the molecule is CCc1ccc(-c2nc(C)c(COCC(=O)O)s2)cc1. The number of hydrogen-bond acceptors (Lipinski definition) is 4. The summed E-state index contributed by atoms with van der Waals surface area (Å²) in [5.41, 5.74) is 3.28. The van der Waals surface area contributed by atoms with Gasteiger partial charge < -0.3 is 9.84 Å². The summed E-state index contributed by atoms with van der Waals surface area (Å²) in [5, 5.41) is 9.50. The number of hydrogen-bond donors (Lipinski definition) is 1. The van der Waals surface area contributed by atoms with Gasteiger partial charge in [-0.1, -0.05) is 31.2 Å². The smallest absolute Gasteiger partial charge is 0.329 e. The van der Waals surface area contributed by atoms with Gasteiger partial charge in [-0.05, 0) is 18.9 Å². The third-order valence-corrected chi connectivity index (χ3v) is 4.14. The maximum atomic E-state index is 10.4. The first kappa shape index (κ1) is 14.7. The molecule has 0 spiro atoms. The van der Waals surface area contributed by atoms with Crippen molar-refractivity contribution in [1.29, 1.82) is 0 Å². The van der Waals surface area contributed by atoms with E-state index in [0.717, 1.165) is 27.6 Å². The fraction of sp³-hybridized carbons (Fsp3) is 0.333. The first-order valence-corrected chi connectivity index (χ1v) is 7.27. The largest absolute Gasteiger partial charge is 0.480 e. The fourth-order valence-electron chi connectivity index (χ4n) is 1.80. The van der Waals surface area contributed by atoms with Crippen LogP contribution in [0.25, 0.3) is 10.6 Å². The number of carboxylic acid groups (broad SMARTS) is 1. The summed E-state index contributed by atoms with van der Waals surface area (Å²) in [6, 6.07) is 8.34. The highest BCUT2D eigenvalue weighted by Crippen LogP contribution is 2.28. The lowest BCUT2D eigenvalue weighted by molar-refractivity contribution is -0.142. The standard InChI is InChI=1S/C15H17NO3S/c1-3-11-4-6-12(7-5-11)15-16-10(2)13(20-15)8-19-9-14(17)18/h4-7H,3,8-9H2,1-2H3,(H,17,18). The number of benzene rings is 1. The van der Waals surface area contributed by atoms with Crippen LogP contribution in [0.2, 0.25) is 0 Å². The fourth-order valence-corrected chi connectivity index (χ4v) is 2.80. The number of thiazole rings is 1. The Morgan fingerprint density at radius 2 is 2.05 bits per heavy atom. The van der Waals surface area contributed by atoms with E-state index in [4.69, 9.17) is 9.84 Å². The van der Waals surface area contributed by atoms with Gasteiger partial charge in [0.2, 0.25) is 0 Å². The third kappa shape index (κ3) is 3.65. The highest BCUT2D eigenvalue weighted by atomic mass is 32.1. The second kappa shape index (κ2) is 6.63. The zero-order valence-corrected chi connectivity index (χ0v) is 12.4. The van der Waals surface area contributed by atoms with Crippen molar-refractivity contribution in [3.05, 3.63) is 40.4 Å². The predicted octanol–water partition coefficient (Wildman–Crippen LogP) is 3.28. The van der Waals surface area contributed by atoms with E-state index < -0.39 is 5.97 Å². The number of carboxylic acids is 1. The van der Waals surface area contributed by atoms with Crippen LogP contribution >= 0.6 is 11.3 Å². The number of rotatable bonds is 6. The average Bonchev–Trinajstić information content (AvgIpc) is 2.80. The van der Waals surface area contributed by atoms with E-state index in [9.17, 15) is 4.79 Å². The van der Waals surface area contributed by atoms with E-state index in [-0.39, 0.29) is 6.61 Å². The number of ether oxygens (including phenoxy) is 1. The zero-order valence-electron chi connectivity index (χ0n) is 11.5. The van der Waals surface area contributed by atoms with Crippen LogP contribution in [0.1, 0.15) is 23.1 Å². The Labute approximate surface area is 122 Å². The lowest BCUT2D eigenvalue weighted by atomic mass is 10.1. The number of carbonyl (C=O) groups is 1. The summed E-state index contributed by atoms with van der Waals surface area (Å²) < 4.78 is 5.12. The molecule has 2 rings (SSSR count). The van der Waals surface area contributed by atoms with Crippen LogP contribution in [0.5, 0.6) is 0 Å². The van der Waals surface area contributed by atoms with Crippen LogP contribution in [0.3, 0.4) is 0 Å². The quantitative estimate of drug-likeness (QED) is 0.887. The minimum absolute atomic E-state index is 0.280. The van der Waals surface area contributed by atoms with Gasteiger partial charge in [0.1, 0.15) is 11.6 Å². The first-order valence-electron chi connectivity index (χ1n) is 6.45. The molecule has 0 aliphatic rings. The van der Waals surface area contributed by atoms with Gasteiger partial charge in [-0.2, -0.15) is 0 Å². The van der Waals surface area contributed by atoms with E-state index in [1.165, 1.54) is 5.56 Å². The second-order valence-electron chi connectivity index (χ2n) is 4.46. The molecule has 1 N–H and O–H groups in total. The molecule has 1 aromatic heterocycles. The van der Waals surface area contributed by atoms with Crippen molar-refractivity contribution < 1.29 is 14.6 Å². The van der Waals surface area contributed by atoms with E-state index in [1.807, 2.05) is 6.92 Å². The number of aromatic nitrogens is 1. The van der Waals surface area contributed by atoms with Crippen molar-refractivity contribution in [3.63, 3.8) is 0 Å². The molecular weight excluding hydrogens is 274 g/mol. The molecule has 0 atom stereocenters. The predicted molar refractivity (Wildman–Crippen MR) is 79.0 cm³/mol. The minimum atomic E-state index is -0.956.